The molecule has 0 aliphatic carbocycles. The molecule has 0 saturated carbocycles. The van der Waals surface area contributed by atoms with Crippen molar-refractivity contribution in [1.82, 2.24) is 18.8 Å². The van der Waals surface area contributed by atoms with E-state index < -0.39 is 10.2 Å². The monoisotopic (exact) mass is 290 g/mol. The molecule has 2 fully saturated rings. The summed E-state index contributed by atoms with van der Waals surface area (Å²) in [5.74, 6) is 0. The van der Waals surface area contributed by atoms with E-state index in [0.717, 1.165) is 32.6 Å². The van der Waals surface area contributed by atoms with Crippen LogP contribution in [0.3, 0.4) is 0 Å². The van der Waals surface area contributed by atoms with Gasteiger partial charge in [0.2, 0.25) is 0 Å². The first-order valence-electron chi connectivity index (χ1n) is 7.22. The summed E-state index contributed by atoms with van der Waals surface area (Å²) < 4.78 is 28.4. The maximum absolute atomic E-state index is 12.6. The fraction of sp³-hybridized carbons (Fsp3) is 1.00. The van der Waals surface area contributed by atoms with Gasteiger partial charge in [-0.15, -0.1) is 0 Å². The molecule has 0 unspecified atom stereocenters. The van der Waals surface area contributed by atoms with Crippen LogP contribution in [0.25, 0.3) is 0 Å². The summed E-state index contributed by atoms with van der Waals surface area (Å²) in [5.41, 5.74) is 0. The van der Waals surface area contributed by atoms with Crippen molar-refractivity contribution in [3.63, 3.8) is 0 Å². The summed E-state index contributed by atoms with van der Waals surface area (Å²) in [6.45, 7) is 10.1. The van der Waals surface area contributed by atoms with Crippen molar-refractivity contribution in [1.29, 1.82) is 0 Å². The molecule has 2 saturated heterocycles. The van der Waals surface area contributed by atoms with Gasteiger partial charge in [0.25, 0.3) is 10.2 Å². The maximum Gasteiger partial charge on any atom is 0.282 e. The number of nitrogens with one attached hydrogen (secondary N) is 1. The first-order chi connectivity index (χ1) is 9.01. The molecule has 2 aliphatic rings. The van der Waals surface area contributed by atoms with E-state index in [0.29, 0.717) is 32.2 Å². The molecule has 0 amide bonds. The highest BCUT2D eigenvalue weighted by molar-refractivity contribution is 7.86. The van der Waals surface area contributed by atoms with Crippen LogP contribution in [0.4, 0.5) is 0 Å². The van der Waals surface area contributed by atoms with Crippen LogP contribution in [0.1, 0.15) is 20.3 Å². The molecule has 0 aromatic heterocycles. The Kier molecular flexibility index (Phi) is 5.19. The highest BCUT2D eigenvalue weighted by atomic mass is 32.2. The topological polar surface area (TPSA) is 55.9 Å². The third kappa shape index (κ3) is 3.66. The molecule has 0 atom stereocenters. The molecule has 1 N–H and O–H groups in total. The second-order valence-electron chi connectivity index (χ2n) is 5.54. The maximum atomic E-state index is 12.6. The van der Waals surface area contributed by atoms with Crippen LogP contribution in [-0.2, 0) is 10.2 Å². The first-order valence-corrected chi connectivity index (χ1v) is 8.61. The largest absolute Gasteiger partial charge is 0.315 e. The summed E-state index contributed by atoms with van der Waals surface area (Å²) in [6, 6.07) is 0.493. The molecule has 2 aliphatic heterocycles. The SMILES string of the molecule is CC(C)N1CCN(S(=O)(=O)N2CCCNCC2)CC1. The zero-order chi connectivity index (χ0) is 13.9. The smallest absolute Gasteiger partial charge is 0.282 e. The van der Waals surface area contributed by atoms with Crippen molar-refractivity contribution >= 4 is 10.2 Å². The van der Waals surface area contributed by atoms with Crippen molar-refractivity contribution in [2.75, 3.05) is 52.4 Å². The zero-order valence-corrected chi connectivity index (χ0v) is 12.8. The molecule has 0 bridgehead atoms. The Morgan fingerprint density at radius 1 is 0.895 bits per heavy atom. The Morgan fingerprint density at radius 2 is 1.53 bits per heavy atom. The summed E-state index contributed by atoms with van der Waals surface area (Å²) >= 11 is 0. The van der Waals surface area contributed by atoms with Gasteiger partial charge in [0.15, 0.2) is 0 Å². The molecule has 0 radical (unpaired) electrons. The van der Waals surface area contributed by atoms with Gasteiger partial charge >= 0.3 is 0 Å². The van der Waals surface area contributed by atoms with E-state index in [4.69, 9.17) is 0 Å². The minimum absolute atomic E-state index is 0.493. The number of piperazine rings is 1. The third-order valence-electron chi connectivity index (χ3n) is 3.96. The molecule has 19 heavy (non-hydrogen) atoms. The van der Waals surface area contributed by atoms with E-state index in [1.807, 2.05) is 0 Å². The number of rotatable bonds is 3. The standard InChI is InChI=1S/C12H26N4O2S/c1-12(2)14-8-10-16(11-9-14)19(17,18)15-6-3-4-13-5-7-15/h12-13H,3-11H2,1-2H3. The van der Waals surface area contributed by atoms with Crippen molar-refractivity contribution < 1.29 is 8.42 Å². The molecule has 0 aromatic carbocycles. The fourth-order valence-corrected chi connectivity index (χ4v) is 4.30. The van der Waals surface area contributed by atoms with E-state index in [-0.39, 0.29) is 0 Å². The van der Waals surface area contributed by atoms with Gasteiger partial charge in [-0.2, -0.15) is 17.0 Å². The van der Waals surface area contributed by atoms with Gasteiger partial charge in [-0.3, -0.25) is 4.90 Å². The quantitative estimate of drug-likeness (QED) is 0.765. The van der Waals surface area contributed by atoms with Crippen LogP contribution in [0, 0.1) is 0 Å². The van der Waals surface area contributed by atoms with Crippen LogP contribution in [0.15, 0.2) is 0 Å². The molecule has 0 spiro atoms. The molecular formula is C12H26N4O2S. The minimum atomic E-state index is -3.26. The second kappa shape index (κ2) is 6.49. The minimum Gasteiger partial charge on any atom is -0.315 e. The van der Waals surface area contributed by atoms with Crippen LogP contribution >= 0.6 is 0 Å². The predicted octanol–water partition coefficient (Wildman–Crippen LogP) is -0.447. The Balaban J connectivity index is 1.96. The van der Waals surface area contributed by atoms with Gasteiger partial charge in [-0.1, -0.05) is 0 Å². The number of hydrogen-bond acceptors (Lipinski definition) is 4. The average molecular weight is 290 g/mol. The normalized spacial score (nSPS) is 25.6. The lowest BCUT2D eigenvalue weighted by molar-refractivity contribution is 0.149. The molecule has 7 heteroatoms. The summed E-state index contributed by atoms with van der Waals surface area (Å²) in [6.07, 6.45) is 0.894. The highest BCUT2D eigenvalue weighted by Crippen LogP contribution is 2.14. The van der Waals surface area contributed by atoms with E-state index >= 15 is 0 Å². The third-order valence-corrected chi connectivity index (χ3v) is 5.99. The first kappa shape index (κ1) is 15.2. The van der Waals surface area contributed by atoms with Gasteiger partial charge in [0.1, 0.15) is 0 Å². The van der Waals surface area contributed by atoms with Crippen LogP contribution < -0.4 is 5.32 Å². The highest BCUT2D eigenvalue weighted by Gasteiger charge is 2.32. The van der Waals surface area contributed by atoms with E-state index in [1.54, 1.807) is 8.61 Å². The van der Waals surface area contributed by atoms with Gasteiger partial charge < -0.3 is 5.32 Å². The summed E-state index contributed by atoms with van der Waals surface area (Å²) in [4.78, 5) is 2.33. The van der Waals surface area contributed by atoms with E-state index in [1.165, 1.54) is 0 Å². The fourth-order valence-electron chi connectivity index (χ4n) is 2.67. The molecule has 2 rings (SSSR count). The predicted molar refractivity (Wildman–Crippen MR) is 76.3 cm³/mol. The Bertz CT molecular complexity index is 369. The van der Waals surface area contributed by atoms with E-state index in [2.05, 4.69) is 24.1 Å². The van der Waals surface area contributed by atoms with Crippen molar-refractivity contribution in [2.45, 2.75) is 26.3 Å². The molecule has 6 nitrogen and oxygen atoms in total. The second-order valence-corrected chi connectivity index (χ2v) is 7.47. The van der Waals surface area contributed by atoms with Crippen LogP contribution in [-0.4, -0.2) is 80.3 Å². The number of hydrogen-bond donors (Lipinski definition) is 1. The van der Waals surface area contributed by atoms with Crippen LogP contribution in [0.2, 0.25) is 0 Å². The van der Waals surface area contributed by atoms with Gasteiger partial charge in [0.05, 0.1) is 0 Å². The average Bonchev–Trinajstić information content (AvgIpc) is 2.68. The summed E-state index contributed by atoms with van der Waals surface area (Å²) in [5, 5.41) is 3.24. The van der Waals surface area contributed by atoms with Gasteiger partial charge in [-0.05, 0) is 26.8 Å². The number of nitrogens with zero attached hydrogens (tertiary/aromatic N) is 3. The van der Waals surface area contributed by atoms with Crippen LogP contribution in [0.5, 0.6) is 0 Å². The molecular weight excluding hydrogens is 264 g/mol. The lowest BCUT2D eigenvalue weighted by Gasteiger charge is -2.38. The molecule has 112 valence electrons. The van der Waals surface area contributed by atoms with Crippen molar-refractivity contribution in [3.05, 3.63) is 0 Å². The Labute approximate surface area is 116 Å². The summed E-state index contributed by atoms with van der Waals surface area (Å²) in [7, 11) is -3.26. The van der Waals surface area contributed by atoms with Crippen molar-refractivity contribution in [2.24, 2.45) is 0 Å². The van der Waals surface area contributed by atoms with Gasteiger partial charge in [-0.25, -0.2) is 0 Å². The lowest BCUT2D eigenvalue weighted by atomic mass is 10.3. The van der Waals surface area contributed by atoms with Crippen molar-refractivity contribution in [3.8, 4) is 0 Å². The molecule has 2 heterocycles. The Hall–Kier alpha value is -0.210. The molecule has 0 aromatic rings. The van der Waals surface area contributed by atoms with E-state index in [9.17, 15) is 8.42 Å². The lowest BCUT2D eigenvalue weighted by Crippen LogP contribution is -2.54. The zero-order valence-electron chi connectivity index (χ0n) is 12.0. The Morgan fingerprint density at radius 3 is 2.16 bits per heavy atom. The van der Waals surface area contributed by atoms with Gasteiger partial charge in [0, 0.05) is 51.9 Å².